The topological polar surface area (TPSA) is 12.4 Å². The van der Waals surface area contributed by atoms with E-state index in [0.717, 1.165) is 0 Å². The van der Waals surface area contributed by atoms with E-state index in [1.807, 2.05) is 0 Å². The van der Waals surface area contributed by atoms with Crippen LogP contribution in [0.1, 0.15) is 46.0 Å². The lowest BCUT2D eigenvalue weighted by atomic mass is 10.1. The third-order valence-corrected chi connectivity index (χ3v) is 2.84. The molecule has 0 rings (SSSR count). The Morgan fingerprint density at radius 3 is 2.00 bits per heavy atom. The first-order valence-electron chi connectivity index (χ1n) is 5.57. The summed E-state index contributed by atoms with van der Waals surface area (Å²) in [5, 5.41) is 0. The van der Waals surface area contributed by atoms with Gasteiger partial charge in [-0.05, 0) is 38.9 Å². The lowest BCUT2D eigenvalue weighted by Crippen LogP contribution is -2.19. The second-order valence-electron chi connectivity index (χ2n) is 4.70. The van der Waals surface area contributed by atoms with Gasteiger partial charge in [-0.15, -0.1) is 0 Å². The van der Waals surface area contributed by atoms with Gasteiger partial charge < -0.3 is 4.66 Å². The second-order valence-corrected chi connectivity index (χ2v) is 9.27. The summed E-state index contributed by atoms with van der Waals surface area (Å²) in [6, 6.07) is 0. The Bertz CT molecular complexity index is 156. The van der Waals surface area contributed by atoms with Crippen LogP contribution in [0.3, 0.4) is 0 Å². The van der Waals surface area contributed by atoms with Gasteiger partial charge in [-0.1, -0.05) is 26.7 Å². The van der Waals surface area contributed by atoms with Gasteiger partial charge in [-0.3, -0.25) is 0 Å². The Balaban J connectivity index is 4.14. The van der Waals surface area contributed by atoms with Crippen molar-refractivity contribution in [1.29, 1.82) is 0 Å². The quantitative estimate of drug-likeness (QED) is 0.448. The highest BCUT2D eigenvalue weighted by molar-refractivity contribution is 6.75. The average molecular weight is 199 g/mol. The van der Waals surface area contributed by atoms with Crippen LogP contribution in [-0.4, -0.2) is 13.9 Å². The van der Waals surface area contributed by atoms with Crippen molar-refractivity contribution in [3.63, 3.8) is 0 Å². The van der Waals surface area contributed by atoms with Gasteiger partial charge in [0.25, 0.3) is 0 Å². The van der Waals surface area contributed by atoms with Crippen LogP contribution in [0.25, 0.3) is 0 Å². The van der Waals surface area contributed by atoms with Crippen LogP contribution in [0.5, 0.6) is 0 Å². The smallest absolute Gasteiger partial charge is 0.172 e. The highest BCUT2D eigenvalue weighted by atomic mass is 28.3. The van der Waals surface area contributed by atoms with Crippen LogP contribution >= 0.6 is 0 Å². The maximum atomic E-state index is 4.89. The minimum Gasteiger partial charge on any atom is -0.330 e. The molecular weight excluding hydrogens is 174 g/mol. The van der Waals surface area contributed by atoms with E-state index in [-0.39, 0.29) is 0 Å². The zero-order valence-corrected chi connectivity index (χ0v) is 11.0. The van der Waals surface area contributed by atoms with Crippen molar-refractivity contribution in [2.24, 2.45) is 4.66 Å². The lowest BCUT2D eigenvalue weighted by molar-refractivity contribution is 0.816. The third kappa shape index (κ3) is 8.22. The van der Waals surface area contributed by atoms with Gasteiger partial charge in [-0.25, -0.2) is 0 Å². The molecule has 13 heavy (non-hydrogen) atoms. The van der Waals surface area contributed by atoms with E-state index < -0.39 is 8.24 Å². The van der Waals surface area contributed by atoms with Crippen molar-refractivity contribution in [2.45, 2.75) is 65.6 Å². The largest absolute Gasteiger partial charge is 0.330 e. The molecule has 0 aliphatic rings. The van der Waals surface area contributed by atoms with Crippen molar-refractivity contribution < 1.29 is 0 Å². The summed E-state index contributed by atoms with van der Waals surface area (Å²) in [7, 11) is -1.22. The molecule has 0 saturated heterocycles. The number of rotatable bonds is 6. The van der Waals surface area contributed by atoms with Crippen LogP contribution in [0.15, 0.2) is 4.66 Å². The highest BCUT2D eigenvalue weighted by Gasteiger charge is 2.12. The Hall–Kier alpha value is -0.113. The number of hydrogen-bond donors (Lipinski definition) is 0. The molecule has 0 N–H and O–H groups in total. The molecule has 0 aliphatic carbocycles. The predicted octanol–water partition coefficient (Wildman–Crippen LogP) is 4.25. The zero-order valence-electron chi connectivity index (χ0n) is 9.98. The maximum Gasteiger partial charge on any atom is 0.172 e. The van der Waals surface area contributed by atoms with Crippen molar-refractivity contribution in [1.82, 2.24) is 0 Å². The Kier molecular flexibility index (Phi) is 6.30. The van der Waals surface area contributed by atoms with Crippen molar-refractivity contribution in [3.05, 3.63) is 0 Å². The molecule has 0 atom stereocenters. The minimum atomic E-state index is -1.22. The van der Waals surface area contributed by atoms with E-state index in [9.17, 15) is 0 Å². The highest BCUT2D eigenvalue weighted by Crippen LogP contribution is 2.09. The molecule has 78 valence electrons. The van der Waals surface area contributed by atoms with E-state index in [1.165, 1.54) is 37.8 Å². The molecule has 1 nitrogen and oxygen atoms in total. The fraction of sp³-hybridized carbons (Fsp3) is 0.909. The summed E-state index contributed by atoms with van der Waals surface area (Å²) in [5.74, 6) is 0. The SMILES string of the molecule is CCCC/C(CCC)=N\[Si](C)(C)C. The summed E-state index contributed by atoms with van der Waals surface area (Å²) >= 11 is 0. The van der Waals surface area contributed by atoms with E-state index in [4.69, 9.17) is 4.66 Å². The summed E-state index contributed by atoms with van der Waals surface area (Å²) in [5.41, 5.74) is 1.48. The molecule has 0 bridgehead atoms. The summed E-state index contributed by atoms with van der Waals surface area (Å²) in [6.45, 7) is 11.4. The first-order chi connectivity index (χ1) is 5.99. The van der Waals surface area contributed by atoms with Crippen LogP contribution < -0.4 is 0 Å². The first kappa shape index (κ1) is 12.9. The van der Waals surface area contributed by atoms with Crippen molar-refractivity contribution in [2.75, 3.05) is 0 Å². The maximum absolute atomic E-state index is 4.89. The third-order valence-electron chi connectivity index (χ3n) is 1.85. The molecule has 0 aromatic carbocycles. The van der Waals surface area contributed by atoms with Gasteiger partial charge in [0.05, 0.1) is 0 Å². The molecule has 0 unspecified atom stereocenters. The summed E-state index contributed by atoms with van der Waals surface area (Å²) < 4.78 is 4.89. The number of hydrogen-bond acceptors (Lipinski definition) is 1. The van der Waals surface area contributed by atoms with Gasteiger partial charge in [0.2, 0.25) is 0 Å². The van der Waals surface area contributed by atoms with Gasteiger partial charge in [0, 0.05) is 5.71 Å². The van der Waals surface area contributed by atoms with Crippen LogP contribution in [0.2, 0.25) is 19.6 Å². The lowest BCUT2D eigenvalue weighted by Gasteiger charge is -2.13. The Morgan fingerprint density at radius 2 is 1.62 bits per heavy atom. The van der Waals surface area contributed by atoms with Crippen molar-refractivity contribution in [3.8, 4) is 0 Å². The molecule has 0 aromatic rings. The second kappa shape index (κ2) is 6.36. The summed E-state index contributed by atoms with van der Waals surface area (Å²) in [6.07, 6.45) is 6.28. The fourth-order valence-electron chi connectivity index (χ4n) is 1.38. The molecule has 0 aromatic heterocycles. The van der Waals surface area contributed by atoms with E-state index in [0.29, 0.717) is 0 Å². The predicted molar refractivity (Wildman–Crippen MR) is 65.2 cm³/mol. The zero-order chi connectivity index (χ0) is 10.3. The molecule has 0 heterocycles. The van der Waals surface area contributed by atoms with Crippen LogP contribution in [0, 0.1) is 0 Å². The fourth-order valence-corrected chi connectivity index (χ4v) is 2.55. The van der Waals surface area contributed by atoms with Gasteiger partial charge in [-0.2, -0.15) is 0 Å². The molecule has 0 saturated carbocycles. The monoisotopic (exact) mass is 199 g/mol. The van der Waals surface area contributed by atoms with Gasteiger partial charge in [0.1, 0.15) is 0 Å². The average Bonchev–Trinajstić information content (AvgIpc) is 1.98. The Labute approximate surface area is 84.7 Å². The van der Waals surface area contributed by atoms with E-state index in [1.54, 1.807) is 0 Å². The molecular formula is C11H25NSi. The van der Waals surface area contributed by atoms with Gasteiger partial charge >= 0.3 is 0 Å². The molecule has 0 radical (unpaired) electrons. The summed E-state index contributed by atoms with van der Waals surface area (Å²) in [4.78, 5) is 0. The molecule has 0 aliphatic heterocycles. The molecule has 0 fully saturated rings. The normalized spacial score (nSPS) is 13.5. The Morgan fingerprint density at radius 1 is 1.00 bits per heavy atom. The van der Waals surface area contributed by atoms with E-state index in [2.05, 4.69) is 33.5 Å². The number of nitrogens with zero attached hydrogens (tertiary/aromatic N) is 1. The van der Waals surface area contributed by atoms with Crippen molar-refractivity contribution >= 4 is 13.9 Å². The van der Waals surface area contributed by atoms with E-state index >= 15 is 0 Å². The minimum absolute atomic E-state index is 1.21. The van der Waals surface area contributed by atoms with Crippen LogP contribution in [0.4, 0.5) is 0 Å². The first-order valence-corrected chi connectivity index (χ1v) is 9.02. The molecule has 0 amide bonds. The standard InChI is InChI=1S/C11H25NSi/c1-6-8-10-11(9-7-2)12-13(3,4)5/h6-10H2,1-5H3/b12-11-. The van der Waals surface area contributed by atoms with Crippen LogP contribution in [-0.2, 0) is 0 Å². The molecule has 2 heteroatoms. The molecule has 0 spiro atoms. The van der Waals surface area contributed by atoms with Gasteiger partial charge in [0.15, 0.2) is 8.24 Å². The number of unbranched alkanes of at least 4 members (excludes halogenated alkanes) is 1.